The fourth-order valence-electron chi connectivity index (χ4n) is 0.837. The largest absolute Gasteiger partial charge is 0.381 e. The van der Waals surface area contributed by atoms with Gasteiger partial charge in [-0.05, 0) is 18.1 Å². The number of aromatic nitrogens is 1. The molecular formula is C9H10BrFN2. The van der Waals surface area contributed by atoms with Crippen molar-refractivity contribution in [1.82, 2.24) is 4.98 Å². The first-order valence-corrected chi connectivity index (χ1v) is 4.99. The van der Waals surface area contributed by atoms with Gasteiger partial charge in [-0.2, -0.15) is 0 Å². The number of alkyl halides is 1. The first kappa shape index (κ1) is 10.2. The zero-order valence-electron chi connectivity index (χ0n) is 7.00. The lowest BCUT2D eigenvalue weighted by Gasteiger charge is -1.96. The van der Waals surface area contributed by atoms with E-state index in [1.165, 1.54) is 6.07 Å². The quantitative estimate of drug-likeness (QED) is 0.831. The molecular weight excluding hydrogens is 235 g/mol. The molecule has 1 aromatic heterocycles. The molecule has 0 aromatic carbocycles. The zero-order valence-corrected chi connectivity index (χ0v) is 8.59. The fraction of sp³-hybridized carbons (Fsp3) is 0.222. The predicted molar refractivity (Wildman–Crippen MR) is 56.1 cm³/mol. The third kappa shape index (κ3) is 3.14. The lowest BCUT2D eigenvalue weighted by molar-refractivity contribution is 0.627. The van der Waals surface area contributed by atoms with Gasteiger partial charge in [0, 0.05) is 11.5 Å². The molecule has 2 N–H and O–H groups in total. The molecule has 0 aliphatic heterocycles. The van der Waals surface area contributed by atoms with E-state index < -0.39 is 5.82 Å². The highest BCUT2D eigenvalue weighted by molar-refractivity contribution is 9.09. The van der Waals surface area contributed by atoms with Crippen molar-refractivity contribution in [2.24, 2.45) is 0 Å². The van der Waals surface area contributed by atoms with Crippen LogP contribution in [-0.4, -0.2) is 10.3 Å². The van der Waals surface area contributed by atoms with Crippen molar-refractivity contribution in [2.75, 3.05) is 11.1 Å². The molecule has 0 aliphatic carbocycles. The van der Waals surface area contributed by atoms with Crippen molar-refractivity contribution >= 4 is 27.8 Å². The van der Waals surface area contributed by atoms with Crippen molar-refractivity contribution in [3.8, 4) is 0 Å². The summed E-state index contributed by atoms with van der Waals surface area (Å²) in [7, 11) is 0. The van der Waals surface area contributed by atoms with Crippen molar-refractivity contribution in [2.45, 2.75) is 6.42 Å². The SMILES string of the molecule is Nc1ncc(C=CCCBr)cc1F. The average molecular weight is 245 g/mol. The van der Waals surface area contributed by atoms with E-state index >= 15 is 0 Å². The van der Waals surface area contributed by atoms with Gasteiger partial charge in [-0.1, -0.05) is 28.1 Å². The highest BCUT2D eigenvalue weighted by Gasteiger charge is 1.97. The Morgan fingerprint density at radius 3 is 3.00 bits per heavy atom. The van der Waals surface area contributed by atoms with Gasteiger partial charge in [0.15, 0.2) is 11.6 Å². The van der Waals surface area contributed by atoms with Gasteiger partial charge in [-0.3, -0.25) is 0 Å². The van der Waals surface area contributed by atoms with Gasteiger partial charge in [-0.15, -0.1) is 0 Å². The number of allylic oxidation sites excluding steroid dienone is 1. The summed E-state index contributed by atoms with van der Waals surface area (Å²) >= 11 is 3.29. The smallest absolute Gasteiger partial charge is 0.165 e. The first-order chi connectivity index (χ1) is 6.24. The molecule has 0 saturated heterocycles. The molecule has 0 atom stereocenters. The maximum atomic E-state index is 12.9. The summed E-state index contributed by atoms with van der Waals surface area (Å²) in [5.74, 6) is -0.529. The minimum atomic E-state index is -0.471. The van der Waals surface area contributed by atoms with Crippen molar-refractivity contribution in [3.05, 3.63) is 29.7 Å². The number of halogens is 2. The van der Waals surface area contributed by atoms with Gasteiger partial charge in [0.25, 0.3) is 0 Å². The molecule has 0 aliphatic rings. The third-order valence-corrected chi connectivity index (χ3v) is 1.93. The minimum Gasteiger partial charge on any atom is -0.381 e. The molecule has 0 spiro atoms. The number of rotatable bonds is 3. The van der Waals surface area contributed by atoms with Crippen LogP contribution in [0.3, 0.4) is 0 Å². The van der Waals surface area contributed by atoms with Gasteiger partial charge < -0.3 is 5.73 Å². The molecule has 0 fully saturated rings. The Kier molecular flexibility index (Phi) is 3.89. The van der Waals surface area contributed by atoms with Crippen LogP contribution < -0.4 is 5.73 Å². The van der Waals surface area contributed by atoms with Crippen LogP contribution in [0.5, 0.6) is 0 Å². The molecule has 0 bridgehead atoms. The van der Waals surface area contributed by atoms with Crippen LogP contribution in [-0.2, 0) is 0 Å². The van der Waals surface area contributed by atoms with Crippen molar-refractivity contribution < 1.29 is 4.39 Å². The van der Waals surface area contributed by atoms with E-state index in [1.807, 2.05) is 12.2 Å². The molecule has 0 radical (unpaired) electrons. The minimum absolute atomic E-state index is 0.0577. The van der Waals surface area contributed by atoms with E-state index in [-0.39, 0.29) is 5.82 Å². The number of pyridine rings is 1. The Hall–Kier alpha value is -0.900. The van der Waals surface area contributed by atoms with Crippen LogP contribution in [0.25, 0.3) is 6.08 Å². The van der Waals surface area contributed by atoms with E-state index in [9.17, 15) is 4.39 Å². The summed E-state index contributed by atoms with van der Waals surface area (Å²) in [6.07, 6.45) is 6.22. The summed E-state index contributed by atoms with van der Waals surface area (Å²) in [5.41, 5.74) is 5.96. The molecule has 1 heterocycles. The second kappa shape index (κ2) is 4.97. The Balaban J connectivity index is 2.73. The molecule has 0 amide bonds. The summed E-state index contributed by atoms with van der Waals surface area (Å²) in [6.45, 7) is 0. The van der Waals surface area contributed by atoms with E-state index in [2.05, 4.69) is 20.9 Å². The number of hydrogen-bond acceptors (Lipinski definition) is 2. The molecule has 1 aromatic rings. The van der Waals surface area contributed by atoms with Crippen LogP contribution in [0.2, 0.25) is 0 Å². The van der Waals surface area contributed by atoms with Gasteiger partial charge in [-0.25, -0.2) is 9.37 Å². The normalized spacial score (nSPS) is 10.9. The number of nitrogens with two attached hydrogens (primary N) is 1. The monoisotopic (exact) mass is 244 g/mol. The Labute approximate surface area is 84.8 Å². The zero-order chi connectivity index (χ0) is 9.68. The van der Waals surface area contributed by atoms with Crippen molar-refractivity contribution in [1.29, 1.82) is 0 Å². The summed E-state index contributed by atoms with van der Waals surface area (Å²) in [5, 5.41) is 0.897. The number of nitrogens with zero attached hydrogens (tertiary/aromatic N) is 1. The average Bonchev–Trinajstić information content (AvgIpc) is 2.12. The fourth-order valence-corrected chi connectivity index (χ4v) is 1.10. The molecule has 0 unspecified atom stereocenters. The maximum absolute atomic E-state index is 12.9. The van der Waals surface area contributed by atoms with E-state index in [0.717, 1.165) is 17.3 Å². The Bertz CT molecular complexity index is 312. The third-order valence-electron chi connectivity index (χ3n) is 1.48. The Morgan fingerprint density at radius 2 is 2.38 bits per heavy atom. The van der Waals surface area contributed by atoms with Crippen molar-refractivity contribution in [3.63, 3.8) is 0 Å². The number of nitrogen functional groups attached to an aromatic ring is 1. The molecule has 1 rings (SSSR count). The summed E-state index contributed by atoms with van der Waals surface area (Å²) < 4.78 is 12.9. The second-order valence-electron chi connectivity index (χ2n) is 2.52. The molecule has 13 heavy (non-hydrogen) atoms. The summed E-state index contributed by atoms with van der Waals surface area (Å²) in [6, 6.07) is 1.37. The summed E-state index contributed by atoms with van der Waals surface area (Å²) in [4.78, 5) is 3.70. The van der Waals surface area contributed by atoms with Crippen LogP contribution in [0, 0.1) is 5.82 Å². The number of hydrogen-bond donors (Lipinski definition) is 1. The van der Waals surface area contributed by atoms with Crippen LogP contribution >= 0.6 is 15.9 Å². The standard InChI is InChI=1S/C9H10BrFN2/c10-4-2-1-3-7-5-8(11)9(12)13-6-7/h1,3,5-6H,2,4H2,(H2,12,13). The second-order valence-corrected chi connectivity index (χ2v) is 3.31. The lowest BCUT2D eigenvalue weighted by atomic mass is 10.2. The predicted octanol–water partition coefficient (Wildman–Crippen LogP) is 2.60. The van der Waals surface area contributed by atoms with E-state index in [0.29, 0.717) is 0 Å². The van der Waals surface area contributed by atoms with Gasteiger partial charge in [0.2, 0.25) is 0 Å². The maximum Gasteiger partial charge on any atom is 0.165 e. The highest BCUT2D eigenvalue weighted by atomic mass is 79.9. The van der Waals surface area contributed by atoms with Gasteiger partial charge in [0.1, 0.15) is 0 Å². The lowest BCUT2D eigenvalue weighted by Crippen LogP contribution is -1.94. The van der Waals surface area contributed by atoms with Gasteiger partial charge >= 0.3 is 0 Å². The molecule has 4 heteroatoms. The number of anilines is 1. The molecule has 2 nitrogen and oxygen atoms in total. The van der Waals surface area contributed by atoms with Gasteiger partial charge in [0.05, 0.1) is 0 Å². The van der Waals surface area contributed by atoms with E-state index in [4.69, 9.17) is 5.73 Å². The van der Waals surface area contributed by atoms with Crippen LogP contribution in [0.15, 0.2) is 18.3 Å². The highest BCUT2D eigenvalue weighted by Crippen LogP contribution is 2.09. The topological polar surface area (TPSA) is 38.9 Å². The first-order valence-electron chi connectivity index (χ1n) is 3.87. The van der Waals surface area contributed by atoms with Crippen LogP contribution in [0.4, 0.5) is 10.2 Å². The Morgan fingerprint density at radius 1 is 1.62 bits per heavy atom. The molecule has 70 valence electrons. The molecule has 0 saturated carbocycles. The van der Waals surface area contributed by atoms with Crippen LogP contribution in [0.1, 0.15) is 12.0 Å². The van der Waals surface area contributed by atoms with E-state index in [1.54, 1.807) is 6.20 Å².